The number of aromatic nitrogens is 1. The van der Waals surface area contributed by atoms with Crippen LogP contribution in [0.1, 0.15) is 44.5 Å². The van der Waals surface area contributed by atoms with Gasteiger partial charge in [-0.3, -0.25) is 14.6 Å². The van der Waals surface area contributed by atoms with Gasteiger partial charge in [-0.15, -0.1) is 24.8 Å². The molecule has 8 nitrogen and oxygen atoms in total. The number of hydrogen-bond acceptors (Lipinski definition) is 7. The Balaban J connectivity index is 0.00000294. The highest BCUT2D eigenvalue weighted by molar-refractivity contribution is 7.81. The number of thiocarbonyl (C=S) groups is 1. The number of piperazine rings is 1. The Morgan fingerprint density at radius 2 is 1.95 bits per heavy atom. The van der Waals surface area contributed by atoms with Crippen molar-refractivity contribution in [3.05, 3.63) is 47.3 Å². The number of ether oxygens (including phenoxy) is 1. The Bertz CT molecular complexity index is 1320. The maximum absolute atomic E-state index is 13.6. The van der Waals surface area contributed by atoms with Gasteiger partial charge in [-0.2, -0.15) is 18.4 Å². The third-order valence-electron chi connectivity index (χ3n) is 7.01. The van der Waals surface area contributed by atoms with Crippen LogP contribution in [0.3, 0.4) is 0 Å². The van der Waals surface area contributed by atoms with Gasteiger partial charge in [0.15, 0.2) is 10.8 Å². The molecule has 3 heterocycles. The molecule has 0 aliphatic carbocycles. The number of alkyl halides is 3. The number of amides is 1. The van der Waals surface area contributed by atoms with Crippen molar-refractivity contribution in [2.24, 2.45) is 0 Å². The third kappa shape index (κ3) is 7.04. The van der Waals surface area contributed by atoms with E-state index < -0.39 is 28.9 Å². The van der Waals surface area contributed by atoms with E-state index in [4.69, 9.17) is 22.2 Å². The van der Waals surface area contributed by atoms with Crippen LogP contribution in [0.25, 0.3) is 0 Å². The maximum atomic E-state index is 13.6. The van der Waals surface area contributed by atoms with E-state index >= 15 is 0 Å². The number of benzene rings is 1. The number of carbonyl (C=O) groups is 1. The van der Waals surface area contributed by atoms with Crippen LogP contribution in [0, 0.1) is 11.3 Å². The number of nitrogens with one attached hydrogen (secondary N) is 1. The van der Waals surface area contributed by atoms with Crippen LogP contribution in [0.2, 0.25) is 0 Å². The minimum atomic E-state index is -4.82. The summed E-state index contributed by atoms with van der Waals surface area (Å²) in [6.45, 7) is 11.7. The van der Waals surface area contributed by atoms with Crippen LogP contribution in [0.15, 0.2) is 30.5 Å². The minimum absolute atomic E-state index is 0. The number of carbonyl (C=O) groups excluding carboxylic acids is 1. The Kier molecular flexibility index (Phi) is 11.4. The molecule has 2 aromatic rings. The summed E-state index contributed by atoms with van der Waals surface area (Å²) >= 11 is 5.63. The van der Waals surface area contributed by atoms with Crippen molar-refractivity contribution in [2.75, 3.05) is 42.6 Å². The fraction of sp³-hybridized carbons (Fsp3) is 0.481. The molecule has 1 amide bonds. The van der Waals surface area contributed by atoms with E-state index in [0.717, 1.165) is 54.7 Å². The van der Waals surface area contributed by atoms with Crippen molar-refractivity contribution < 1.29 is 22.7 Å². The van der Waals surface area contributed by atoms with E-state index in [1.54, 1.807) is 24.8 Å². The van der Waals surface area contributed by atoms with E-state index in [2.05, 4.69) is 22.1 Å². The lowest BCUT2D eigenvalue weighted by molar-refractivity contribution is -0.138. The number of nitriles is 1. The molecule has 2 saturated heterocycles. The molecule has 0 saturated carbocycles. The summed E-state index contributed by atoms with van der Waals surface area (Å²) in [5.41, 5.74) is -1.78. The monoisotopic (exact) mass is 632 g/mol. The molecule has 0 spiro atoms. The maximum Gasteiger partial charge on any atom is 0.419 e. The molecule has 4 rings (SSSR count). The molecule has 1 atom stereocenters. The third-order valence-corrected chi connectivity index (χ3v) is 7.38. The summed E-state index contributed by atoms with van der Waals surface area (Å²) in [6.07, 6.45) is -3.09. The number of aryl methyl sites for hydroxylation is 1. The zero-order valence-electron chi connectivity index (χ0n) is 23.1. The predicted molar refractivity (Wildman–Crippen MR) is 160 cm³/mol. The van der Waals surface area contributed by atoms with Gasteiger partial charge in [-0.25, -0.2) is 4.98 Å². The van der Waals surface area contributed by atoms with Crippen LogP contribution in [0.4, 0.5) is 24.5 Å². The van der Waals surface area contributed by atoms with E-state index in [0.29, 0.717) is 24.8 Å². The van der Waals surface area contributed by atoms with Crippen molar-refractivity contribution in [2.45, 2.75) is 51.9 Å². The highest BCUT2D eigenvalue weighted by atomic mass is 35.5. The molecule has 2 aliphatic rings. The lowest BCUT2D eigenvalue weighted by atomic mass is 10.0. The lowest BCUT2D eigenvalue weighted by Crippen LogP contribution is -2.50. The molecule has 41 heavy (non-hydrogen) atoms. The van der Waals surface area contributed by atoms with Crippen molar-refractivity contribution in [1.82, 2.24) is 15.2 Å². The van der Waals surface area contributed by atoms with Gasteiger partial charge in [-0.1, -0.05) is 6.92 Å². The molecule has 2 fully saturated rings. The predicted octanol–water partition coefficient (Wildman–Crippen LogP) is 4.97. The summed E-state index contributed by atoms with van der Waals surface area (Å²) in [4.78, 5) is 22.1. The van der Waals surface area contributed by atoms with Gasteiger partial charge < -0.3 is 15.0 Å². The Hall–Kier alpha value is -2.69. The molecule has 1 N–H and O–H groups in total. The van der Waals surface area contributed by atoms with Crippen LogP contribution in [0.5, 0.6) is 5.75 Å². The van der Waals surface area contributed by atoms with E-state index in [9.17, 15) is 18.0 Å². The number of rotatable bonds is 7. The largest absolute Gasteiger partial charge is 0.492 e. The van der Waals surface area contributed by atoms with Crippen molar-refractivity contribution in [3.8, 4) is 11.8 Å². The second-order valence-corrected chi connectivity index (χ2v) is 10.5. The van der Waals surface area contributed by atoms with Gasteiger partial charge in [0.1, 0.15) is 24.0 Å². The SMILES string of the molecule is CCc1cc(N2C(=S)N(c3cnc(C#N)c(C(F)(F)F)c3)C(=O)C2(C)C)ccc1OCCN1CCN[C@H](C)C1.Cl.Cl. The highest BCUT2D eigenvalue weighted by Crippen LogP contribution is 2.40. The fourth-order valence-corrected chi connectivity index (χ4v) is 5.48. The second kappa shape index (κ2) is 13.5. The summed E-state index contributed by atoms with van der Waals surface area (Å²) in [5, 5.41) is 12.5. The Morgan fingerprint density at radius 1 is 1.24 bits per heavy atom. The fourth-order valence-electron chi connectivity index (χ4n) is 4.96. The van der Waals surface area contributed by atoms with Gasteiger partial charge in [0.2, 0.25) is 0 Å². The topological polar surface area (TPSA) is 84.7 Å². The average Bonchev–Trinajstić information content (AvgIpc) is 3.06. The summed E-state index contributed by atoms with van der Waals surface area (Å²) in [6, 6.07) is 8.16. The first-order valence-electron chi connectivity index (χ1n) is 12.8. The van der Waals surface area contributed by atoms with Gasteiger partial charge in [0, 0.05) is 37.9 Å². The molecule has 1 aromatic carbocycles. The Morgan fingerprint density at radius 3 is 2.56 bits per heavy atom. The normalized spacial score (nSPS) is 18.9. The van der Waals surface area contributed by atoms with Gasteiger partial charge >= 0.3 is 6.18 Å². The summed E-state index contributed by atoms with van der Waals surface area (Å²) < 4.78 is 46.8. The molecule has 2 aliphatic heterocycles. The van der Waals surface area contributed by atoms with E-state index in [1.807, 2.05) is 19.1 Å². The first kappa shape index (κ1) is 34.5. The van der Waals surface area contributed by atoms with Gasteiger partial charge in [-0.05, 0) is 69.2 Å². The number of halogens is 5. The molecule has 0 unspecified atom stereocenters. The minimum Gasteiger partial charge on any atom is -0.492 e. The molecule has 0 radical (unpaired) electrons. The summed E-state index contributed by atoms with van der Waals surface area (Å²) in [7, 11) is 0. The van der Waals surface area contributed by atoms with Crippen LogP contribution < -0.4 is 19.9 Å². The van der Waals surface area contributed by atoms with Crippen molar-refractivity contribution >= 4 is 59.4 Å². The molecule has 224 valence electrons. The number of anilines is 2. The highest BCUT2D eigenvalue weighted by Gasteiger charge is 2.51. The van der Waals surface area contributed by atoms with Crippen LogP contribution in [-0.4, -0.2) is 65.3 Å². The summed E-state index contributed by atoms with van der Waals surface area (Å²) in [5.74, 6) is 0.234. The average molecular weight is 634 g/mol. The Labute approximate surface area is 255 Å². The van der Waals surface area contributed by atoms with Crippen LogP contribution >= 0.6 is 37.0 Å². The zero-order chi connectivity index (χ0) is 28.5. The lowest BCUT2D eigenvalue weighted by Gasteiger charge is -2.32. The zero-order valence-corrected chi connectivity index (χ0v) is 25.6. The van der Waals surface area contributed by atoms with Crippen molar-refractivity contribution in [3.63, 3.8) is 0 Å². The molecular formula is C27H33Cl2F3N6O2S. The number of nitrogens with zero attached hydrogens (tertiary/aromatic N) is 5. The van der Waals surface area contributed by atoms with Gasteiger partial charge in [0.25, 0.3) is 5.91 Å². The van der Waals surface area contributed by atoms with E-state index in [-0.39, 0.29) is 35.6 Å². The van der Waals surface area contributed by atoms with Crippen molar-refractivity contribution in [1.29, 1.82) is 5.26 Å². The molecular weight excluding hydrogens is 600 g/mol. The van der Waals surface area contributed by atoms with Crippen LogP contribution in [-0.2, 0) is 17.4 Å². The second-order valence-electron chi connectivity index (χ2n) is 10.2. The standard InChI is InChI=1S/C27H31F3N6O2S.2ClH/c1-5-18-12-19(6-7-23(18)38-11-10-34-9-8-32-17(2)16-34)36-25(39)35(24(37)26(36,3)4)20-13-21(27(28,29)30)22(14-31)33-15-20;;/h6-7,12-13,15,17,32H,5,8-11,16H2,1-4H3;2*1H/t17-;;/m1../s1. The van der Waals surface area contributed by atoms with E-state index in [1.165, 1.54) is 6.07 Å². The van der Waals surface area contributed by atoms with Gasteiger partial charge in [0.05, 0.1) is 17.4 Å². The number of hydrogen-bond donors (Lipinski definition) is 1. The molecule has 14 heteroatoms. The number of pyridine rings is 1. The first-order valence-corrected chi connectivity index (χ1v) is 13.2. The smallest absolute Gasteiger partial charge is 0.419 e. The quantitative estimate of drug-likeness (QED) is 0.429. The first-order chi connectivity index (χ1) is 18.4. The molecule has 0 bridgehead atoms. The molecule has 1 aromatic heterocycles.